The molecule has 0 radical (unpaired) electrons. The minimum Gasteiger partial charge on any atom is -0.394 e. The van der Waals surface area contributed by atoms with Crippen LogP contribution in [-0.4, -0.2) is 70.0 Å². The highest BCUT2D eigenvalue weighted by molar-refractivity contribution is 8.03. The number of hydrogen-bond donors (Lipinski definition) is 3. The summed E-state index contributed by atoms with van der Waals surface area (Å²) in [5.74, 6) is 0.278. The van der Waals surface area contributed by atoms with Crippen LogP contribution in [0.4, 0.5) is 8.78 Å². The largest absolute Gasteiger partial charge is 0.394 e. The highest BCUT2D eigenvalue weighted by Gasteiger charge is 2.47. The summed E-state index contributed by atoms with van der Waals surface area (Å²) >= 11 is 8.10. The van der Waals surface area contributed by atoms with Crippen LogP contribution in [0, 0.1) is 11.2 Å². The Bertz CT molecular complexity index is 1120. The number of halogens is 3. The average Bonchev–Trinajstić information content (AvgIpc) is 3.46. The Kier molecular flexibility index (Phi) is 8.67. The van der Waals surface area contributed by atoms with Gasteiger partial charge >= 0.3 is 0 Å². The monoisotopic (exact) mass is 537 g/mol. The number of alkyl halides is 1. The van der Waals surface area contributed by atoms with Crippen molar-refractivity contribution < 1.29 is 23.7 Å². The maximum atomic E-state index is 13.9. The highest BCUT2D eigenvalue weighted by Crippen LogP contribution is 2.46. The minimum absolute atomic E-state index is 0.00862. The van der Waals surface area contributed by atoms with Crippen molar-refractivity contribution in [2.75, 3.05) is 26.4 Å². The van der Waals surface area contributed by atoms with E-state index >= 15 is 0 Å². The van der Waals surface area contributed by atoms with Crippen molar-refractivity contribution in [1.29, 1.82) is 5.41 Å². The maximum Gasteiger partial charge on any atom is 0.124 e. The third kappa shape index (κ3) is 5.92. The van der Waals surface area contributed by atoms with Crippen molar-refractivity contribution in [3.8, 4) is 0 Å². The van der Waals surface area contributed by atoms with Crippen molar-refractivity contribution in [1.82, 2.24) is 4.90 Å². The number of nitrogens with zero attached hydrogens (tertiary/aromatic N) is 2. The Hall–Kier alpha value is -2.04. The van der Waals surface area contributed by atoms with Gasteiger partial charge in [0.1, 0.15) is 29.5 Å². The topological polar surface area (TPSA) is 89.1 Å². The summed E-state index contributed by atoms with van der Waals surface area (Å²) in [6, 6.07) is 3.42. The lowest BCUT2D eigenvalue weighted by Crippen LogP contribution is -2.43. The lowest BCUT2D eigenvalue weighted by molar-refractivity contribution is -0.0422. The van der Waals surface area contributed by atoms with Gasteiger partial charge in [-0.1, -0.05) is 29.8 Å². The van der Waals surface area contributed by atoms with Crippen molar-refractivity contribution in [3.63, 3.8) is 0 Å². The van der Waals surface area contributed by atoms with Crippen LogP contribution < -0.4 is 0 Å². The first kappa shape index (κ1) is 27.0. The number of hydrogen-bond acceptors (Lipinski definition) is 7. The molecule has 36 heavy (non-hydrogen) atoms. The molecule has 0 saturated carbocycles. The molecule has 3 aliphatic rings. The molecule has 4 atom stereocenters. The van der Waals surface area contributed by atoms with E-state index in [1.807, 2.05) is 10.3 Å². The van der Waals surface area contributed by atoms with E-state index in [1.54, 1.807) is 30.0 Å². The Labute approximate surface area is 218 Å². The number of thioether (sulfide) groups is 1. The van der Waals surface area contributed by atoms with Gasteiger partial charge < -0.3 is 25.3 Å². The van der Waals surface area contributed by atoms with Crippen LogP contribution in [0.1, 0.15) is 37.8 Å². The van der Waals surface area contributed by atoms with Crippen molar-refractivity contribution in [2.45, 2.75) is 49.3 Å². The van der Waals surface area contributed by atoms with E-state index in [9.17, 15) is 13.9 Å². The average molecular weight is 538 g/mol. The second-order valence-corrected chi connectivity index (χ2v) is 10.8. The standard InChI is InChI=1S/C26H30ClF2N3O3S/c1-16(28)4-2-5-20(30)23-21-13-26(34,15-35-10-9-33)14-32(21)25(22-6-3-11-36-22)31-24(23)18-8-7-17(29)12-19(18)27/h2-3,5,7-8,11-12,16,22,24,30,33-34H,4,6,9-10,13-15H2,1H3/b5-2-,30-20?/t16?,22?,24-,26-/m0/s1. The third-order valence-electron chi connectivity index (χ3n) is 6.27. The third-order valence-corrected chi connectivity index (χ3v) is 7.68. The summed E-state index contributed by atoms with van der Waals surface area (Å²) in [7, 11) is 0. The first-order valence-corrected chi connectivity index (χ1v) is 13.2. The SMILES string of the molecule is CC(F)C/C=C\C(=N)C1=C2C[C@@](O)(COCCO)CN2C(C2CC=CS2)=N[C@H]1c1ccc(F)cc1Cl. The van der Waals surface area contributed by atoms with Crippen molar-refractivity contribution in [2.24, 2.45) is 4.99 Å². The smallest absolute Gasteiger partial charge is 0.124 e. The highest BCUT2D eigenvalue weighted by atomic mass is 35.5. The molecule has 6 nitrogen and oxygen atoms in total. The van der Waals surface area contributed by atoms with Crippen LogP contribution >= 0.6 is 23.4 Å². The molecule has 3 heterocycles. The summed E-state index contributed by atoms with van der Waals surface area (Å²) in [5.41, 5.74) is 0.672. The van der Waals surface area contributed by atoms with E-state index in [0.717, 1.165) is 18.0 Å². The number of aliphatic hydroxyl groups is 2. The molecule has 3 aliphatic heterocycles. The molecule has 0 bridgehead atoms. The second kappa shape index (κ2) is 11.6. The van der Waals surface area contributed by atoms with E-state index in [2.05, 4.69) is 6.08 Å². The Morgan fingerprint density at radius 2 is 2.28 bits per heavy atom. The van der Waals surface area contributed by atoms with Crippen LogP contribution in [-0.2, 0) is 4.74 Å². The van der Waals surface area contributed by atoms with Gasteiger partial charge in [0.25, 0.3) is 0 Å². The number of aliphatic hydroxyl groups excluding tert-OH is 1. The lowest BCUT2D eigenvalue weighted by Gasteiger charge is -2.35. The molecule has 1 fully saturated rings. The van der Waals surface area contributed by atoms with Crippen molar-refractivity contribution >= 4 is 34.9 Å². The quantitative estimate of drug-likeness (QED) is 0.289. The number of aliphatic imine (C=N–C) groups is 1. The number of rotatable bonds is 10. The fourth-order valence-electron chi connectivity index (χ4n) is 4.68. The van der Waals surface area contributed by atoms with E-state index in [1.165, 1.54) is 19.1 Å². The summed E-state index contributed by atoms with van der Waals surface area (Å²) in [5, 5.41) is 31.7. The van der Waals surface area contributed by atoms with Gasteiger partial charge in [0, 0.05) is 28.3 Å². The number of allylic oxidation sites excluding steroid dienone is 3. The molecule has 0 spiro atoms. The molecule has 1 aromatic carbocycles. The zero-order chi connectivity index (χ0) is 25.9. The molecule has 3 N–H and O–H groups in total. The molecule has 0 aliphatic carbocycles. The summed E-state index contributed by atoms with van der Waals surface area (Å²) in [4.78, 5) is 7.01. The minimum atomic E-state index is -1.26. The van der Waals surface area contributed by atoms with Gasteiger partial charge in [0.2, 0.25) is 0 Å². The van der Waals surface area contributed by atoms with Gasteiger partial charge in [-0.3, -0.25) is 4.99 Å². The first-order chi connectivity index (χ1) is 17.2. The summed E-state index contributed by atoms with van der Waals surface area (Å²) < 4.78 is 32.8. The molecule has 2 unspecified atom stereocenters. The zero-order valence-electron chi connectivity index (χ0n) is 20.0. The molecule has 0 aromatic heterocycles. The van der Waals surface area contributed by atoms with E-state index in [0.29, 0.717) is 11.1 Å². The fraction of sp³-hybridized carbons (Fsp3) is 0.462. The number of ether oxygens (including phenoxy) is 1. The molecule has 194 valence electrons. The predicted molar refractivity (Wildman–Crippen MR) is 140 cm³/mol. The lowest BCUT2D eigenvalue weighted by atomic mass is 9.89. The van der Waals surface area contributed by atoms with E-state index in [-0.39, 0.29) is 55.2 Å². The van der Waals surface area contributed by atoms with Crippen LogP contribution in [0.3, 0.4) is 0 Å². The van der Waals surface area contributed by atoms with Gasteiger partial charge in [-0.25, -0.2) is 8.78 Å². The molecule has 0 amide bonds. The van der Waals surface area contributed by atoms with Crippen molar-refractivity contribution in [3.05, 3.63) is 69.5 Å². The van der Waals surface area contributed by atoms with Gasteiger partial charge in [-0.05, 0) is 43.4 Å². The Morgan fingerprint density at radius 1 is 1.47 bits per heavy atom. The van der Waals surface area contributed by atoms with Gasteiger partial charge in [0.15, 0.2) is 0 Å². The van der Waals surface area contributed by atoms with E-state index in [4.69, 9.17) is 31.8 Å². The predicted octanol–water partition coefficient (Wildman–Crippen LogP) is 4.98. The molecule has 4 rings (SSSR count). The van der Waals surface area contributed by atoms with Crippen LogP contribution in [0.25, 0.3) is 0 Å². The van der Waals surface area contributed by atoms with E-state index < -0.39 is 23.6 Å². The van der Waals surface area contributed by atoms with Gasteiger partial charge in [0.05, 0.1) is 37.3 Å². The van der Waals surface area contributed by atoms with Crippen LogP contribution in [0.2, 0.25) is 5.02 Å². The summed E-state index contributed by atoms with van der Waals surface area (Å²) in [6.07, 6.45) is 5.29. The molecule has 1 saturated heterocycles. The Balaban J connectivity index is 1.82. The number of fused-ring (bicyclic) bond motifs is 1. The van der Waals surface area contributed by atoms with Gasteiger partial charge in [-0.2, -0.15) is 0 Å². The number of nitrogens with one attached hydrogen (secondary N) is 1. The number of amidine groups is 1. The molecule has 10 heteroatoms. The maximum absolute atomic E-state index is 13.9. The van der Waals surface area contributed by atoms with Gasteiger partial charge in [-0.15, -0.1) is 11.8 Å². The molecule has 1 aromatic rings. The number of benzene rings is 1. The normalized spacial score (nSPS) is 26.6. The molecular weight excluding hydrogens is 508 g/mol. The Morgan fingerprint density at radius 3 is 2.94 bits per heavy atom. The fourth-order valence-corrected chi connectivity index (χ4v) is 5.90. The molecular formula is C26H30ClF2N3O3S. The van der Waals surface area contributed by atoms with Crippen LogP contribution in [0.5, 0.6) is 0 Å². The second-order valence-electron chi connectivity index (χ2n) is 9.24. The zero-order valence-corrected chi connectivity index (χ0v) is 21.5. The summed E-state index contributed by atoms with van der Waals surface area (Å²) in [6.45, 7) is 1.63. The first-order valence-electron chi connectivity index (χ1n) is 11.9. The van der Waals surface area contributed by atoms with Crippen LogP contribution in [0.15, 0.2) is 58.1 Å².